The van der Waals surface area contributed by atoms with Crippen molar-refractivity contribution in [2.45, 2.75) is 46.5 Å². The van der Waals surface area contributed by atoms with Gasteiger partial charge in [-0.25, -0.2) is 0 Å². The van der Waals surface area contributed by atoms with Crippen molar-refractivity contribution in [1.29, 1.82) is 0 Å². The summed E-state index contributed by atoms with van der Waals surface area (Å²) in [6.07, 6.45) is 3.19. The first-order valence-electron chi connectivity index (χ1n) is 10.5. The van der Waals surface area contributed by atoms with Crippen LogP contribution >= 0.6 is 0 Å². The second-order valence-corrected chi connectivity index (χ2v) is 7.56. The SMILES string of the molecule is CCc1c(C=O)[nH]c(C(c2[nH]c(C=O)c(CC)c2C)c2c(OC)cccc2OC)c1C. The smallest absolute Gasteiger partial charge is 0.166 e. The maximum absolute atomic E-state index is 11.8. The number of aldehydes is 2. The van der Waals surface area contributed by atoms with Gasteiger partial charge in [0.05, 0.1) is 37.1 Å². The highest BCUT2D eigenvalue weighted by molar-refractivity contribution is 5.78. The fourth-order valence-electron chi connectivity index (χ4n) is 4.64. The second kappa shape index (κ2) is 9.25. The fraction of sp³-hybridized carbons (Fsp3) is 0.360. The molecule has 31 heavy (non-hydrogen) atoms. The Bertz CT molecular complexity index is 1020. The summed E-state index contributed by atoms with van der Waals surface area (Å²) in [6.45, 7) is 8.11. The van der Waals surface area contributed by atoms with Crippen LogP contribution in [-0.4, -0.2) is 36.8 Å². The van der Waals surface area contributed by atoms with E-state index in [0.29, 0.717) is 22.9 Å². The van der Waals surface area contributed by atoms with E-state index in [4.69, 9.17) is 9.47 Å². The lowest BCUT2D eigenvalue weighted by Gasteiger charge is -2.23. The number of hydrogen-bond acceptors (Lipinski definition) is 4. The van der Waals surface area contributed by atoms with Gasteiger partial charge >= 0.3 is 0 Å². The molecule has 0 radical (unpaired) electrons. The van der Waals surface area contributed by atoms with Crippen LogP contribution in [-0.2, 0) is 12.8 Å². The van der Waals surface area contributed by atoms with Gasteiger partial charge in [-0.15, -0.1) is 0 Å². The first-order valence-corrected chi connectivity index (χ1v) is 10.5. The molecule has 3 aromatic rings. The Labute approximate surface area is 183 Å². The van der Waals surface area contributed by atoms with Crippen LogP contribution in [0.3, 0.4) is 0 Å². The van der Waals surface area contributed by atoms with Crippen LogP contribution in [0.25, 0.3) is 0 Å². The van der Waals surface area contributed by atoms with Gasteiger partial charge in [0.2, 0.25) is 0 Å². The number of carbonyl (C=O) groups excluding carboxylic acids is 2. The van der Waals surface area contributed by atoms with Crippen molar-refractivity contribution in [3.63, 3.8) is 0 Å². The minimum atomic E-state index is -0.343. The zero-order chi connectivity index (χ0) is 22.7. The van der Waals surface area contributed by atoms with Crippen LogP contribution < -0.4 is 9.47 Å². The fourth-order valence-corrected chi connectivity index (χ4v) is 4.64. The van der Waals surface area contributed by atoms with Gasteiger partial charge < -0.3 is 19.4 Å². The molecule has 0 saturated carbocycles. The van der Waals surface area contributed by atoms with E-state index in [2.05, 4.69) is 9.97 Å². The van der Waals surface area contributed by atoms with Crippen molar-refractivity contribution in [3.8, 4) is 11.5 Å². The monoisotopic (exact) mass is 422 g/mol. The number of rotatable bonds is 9. The molecule has 1 aromatic carbocycles. The Kier molecular flexibility index (Phi) is 6.68. The van der Waals surface area contributed by atoms with E-state index >= 15 is 0 Å². The summed E-state index contributed by atoms with van der Waals surface area (Å²) in [6, 6.07) is 5.66. The molecule has 0 amide bonds. The lowest BCUT2D eigenvalue weighted by atomic mass is 9.86. The molecule has 0 spiro atoms. The van der Waals surface area contributed by atoms with E-state index in [0.717, 1.165) is 64.6 Å². The summed E-state index contributed by atoms with van der Waals surface area (Å²) in [5.74, 6) is 0.997. The third kappa shape index (κ3) is 3.67. The Morgan fingerprint density at radius 3 is 1.55 bits per heavy atom. The van der Waals surface area contributed by atoms with Crippen molar-refractivity contribution in [2.24, 2.45) is 0 Å². The molecule has 0 aliphatic rings. The molecule has 2 N–H and O–H groups in total. The Morgan fingerprint density at radius 1 is 0.839 bits per heavy atom. The lowest BCUT2D eigenvalue weighted by molar-refractivity contribution is 0.111. The van der Waals surface area contributed by atoms with Crippen molar-refractivity contribution in [2.75, 3.05) is 14.2 Å². The first kappa shape index (κ1) is 22.4. The van der Waals surface area contributed by atoms with Crippen molar-refractivity contribution in [1.82, 2.24) is 9.97 Å². The van der Waals surface area contributed by atoms with Crippen LogP contribution in [0.4, 0.5) is 0 Å². The van der Waals surface area contributed by atoms with E-state index in [1.807, 2.05) is 45.9 Å². The Hall–Kier alpha value is -3.28. The lowest BCUT2D eigenvalue weighted by Crippen LogP contribution is -2.11. The number of carbonyl (C=O) groups is 2. The van der Waals surface area contributed by atoms with Crippen molar-refractivity contribution >= 4 is 12.6 Å². The van der Waals surface area contributed by atoms with E-state index in [1.54, 1.807) is 14.2 Å². The molecule has 6 heteroatoms. The topological polar surface area (TPSA) is 84.2 Å². The molecule has 0 aliphatic carbocycles. The van der Waals surface area contributed by atoms with Gasteiger partial charge in [-0.3, -0.25) is 9.59 Å². The zero-order valence-electron chi connectivity index (χ0n) is 19.0. The average Bonchev–Trinajstić information content (AvgIpc) is 3.29. The molecule has 6 nitrogen and oxygen atoms in total. The summed E-state index contributed by atoms with van der Waals surface area (Å²) < 4.78 is 11.4. The number of nitrogens with one attached hydrogen (secondary N) is 2. The quantitative estimate of drug-likeness (QED) is 0.480. The molecule has 3 rings (SSSR count). The maximum atomic E-state index is 11.8. The van der Waals surface area contributed by atoms with Gasteiger partial charge in [-0.05, 0) is 61.1 Å². The predicted octanol–water partition coefficient (Wildman–Crippen LogP) is 4.91. The molecule has 0 atom stereocenters. The number of methoxy groups -OCH3 is 2. The van der Waals surface area contributed by atoms with Crippen molar-refractivity contribution < 1.29 is 19.1 Å². The highest BCUT2D eigenvalue weighted by Crippen LogP contribution is 2.45. The van der Waals surface area contributed by atoms with Crippen molar-refractivity contribution in [3.05, 3.63) is 68.8 Å². The summed E-state index contributed by atoms with van der Waals surface area (Å²) in [7, 11) is 3.25. The highest BCUT2D eigenvalue weighted by Gasteiger charge is 2.32. The van der Waals surface area contributed by atoms with Gasteiger partial charge in [0.15, 0.2) is 12.6 Å². The number of aromatic amines is 2. The molecular weight excluding hydrogens is 392 g/mol. The number of hydrogen-bond donors (Lipinski definition) is 2. The van der Waals surface area contributed by atoms with Gasteiger partial charge in [-0.2, -0.15) is 0 Å². The summed E-state index contributed by atoms with van der Waals surface area (Å²) in [5, 5.41) is 0. The molecule has 0 unspecified atom stereocenters. The predicted molar refractivity (Wildman–Crippen MR) is 121 cm³/mol. The molecule has 2 aromatic heterocycles. The van der Waals surface area contributed by atoms with Gasteiger partial charge in [0.1, 0.15) is 11.5 Å². The highest BCUT2D eigenvalue weighted by atomic mass is 16.5. The van der Waals surface area contributed by atoms with E-state index in [1.165, 1.54) is 0 Å². The maximum Gasteiger partial charge on any atom is 0.166 e. The number of benzene rings is 1. The summed E-state index contributed by atoms with van der Waals surface area (Å²) in [4.78, 5) is 30.3. The summed E-state index contributed by atoms with van der Waals surface area (Å²) in [5.41, 5.74) is 7.75. The van der Waals surface area contributed by atoms with E-state index in [9.17, 15) is 9.59 Å². The van der Waals surface area contributed by atoms with Crippen LogP contribution in [0.5, 0.6) is 11.5 Å². The Balaban J connectivity index is 2.44. The summed E-state index contributed by atoms with van der Waals surface area (Å²) >= 11 is 0. The minimum absolute atomic E-state index is 0.343. The van der Waals surface area contributed by atoms with Crippen LogP contribution in [0, 0.1) is 13.8 Å². The molecule has 0 aliphatic heterocycles. The standard InChI is InChI=1S/C25H30N2O4/c1-7-16-14(3)24(26-18(16)12-28)23(22-20(30-5)10-9-11-21(22)31-6)25-15(4)17(8-2)19(13-29)27-25/h9-13,23,26-27H,7-8H2,1-6H3. The molecule has 0 bridgehead atoms. The largest absolute Gasteiger partial charge is 0.496 e. The number of aromatic nitrogens is 2. The van der Waals surface area contributed by atoms with Crippen LogP contribution in [0.1, 0.15) is 79.9 Å². The van der Waals surface area contributed by atoms with E-state index < -0.39 is 0 Å². The van der Waals surface area contributed by atoms with Crippen LogP contribution in [0.15, 0.2) is 18.2 Å². The Morgan fingerprint density at radius 2 is 1.26 bits per heavy atom. The zero-order valence-corrected chi connectivity index (χ0v) is 19.0. The van der Waals surface area contributed by atoms with Crippen LogP contribution in [0.2, 0.25) is 0 Å². The second-order valence-electron chi connectivity index (χ2n) is 7.56. The number of ether oxygens (including phenoxy) is 2. The normalized spacial score (nSPS) is 11.1. The first-order chi connectivity index (χ1) is 15.0. The molecule has 2 heterocycles. The van der Waals surface area contributed by atoms with Gasteiger partial charge in [0, 0.05) is 11.4 Å². The van der Waals surface area contributed by atoms with E-state index in [-0.39, 0.29) is 5.92 Å². The molecule has 0 fully saturated rings. The molecule has 0 saturated heterocycles. The van der Waals surface area contributed by atoms with Gasteiger partial charge in [0.25, 0.3) is 0 Å². The molecule has 164 valence electrons. The third-order valence-corrected chi connectivity index (χ3v) is 6.18. The number of H-pyrrole nitrogens is 2. The average molecular weight is 423 g/mol. The van der Waals surface area contributed by atoms with Gasteiger partial charge in [-0.1, -0.05) is 19.9 Å². The minimum Gasteiger partial charge on any atom is -0.496 e. The molecular formula is C25H30N2O4. The third-order valence-electron chi connectivity index (χ3n) is 6.18.